The van der Waals surface area contributed by atoms with Crippen LogP contribution in [0.2, 0.25) is 5.02 Å². The molecule has 0 aliphatic carbocycles. The molecule has 0 radical (unpaired) electrons. The van der Waals surface area contributed by atoms with Gasteiger partial charge in [0, 0.05) is 32.3 Å². The van der Waals surface area contributed by atoms with Crippen LogP contribution in [0.1, 0.15) is 24.1 Å². The van der Waals surface area contributed by atoms with E-state index in [2.05, 4.69) is 20.1 Å². The van der Waals surface area contributed by atoms with Crippen LogP contribution in [-0.2, 0) is 11.3 Å². The number of methoxy groups -OCH3 is 1. The van der Waals surface area contributed by atoms with E-state index in [0.717, 1.165) is 30.3 Å². The number of halogens is 1. The van der Waals surface area contributed by atoms with E-state index in [1.807, 2.05) is 24.8 Å². The van der Waals surface area contributed by atoms with Crippen molar-refractivity contribution in [2.24, 2.45) is 0 Å². The molecule has 0 spiro atoms. The van der Waals surface area contributed by atoms with Crippen LogP contribution in [0.25, 0.3) is 6.08 Å². The fourth-order valence-corrected chi connectivity index (χ4v) is 3.50. The number of aromatic amines is 1. The Labute approximate surface area is 175 Å². The lowest BCUT2D eigenvalue weighted by Gasteiger charge is -2.33. The zero-order valence-corrected chi connectivity index (χ0v) is 17.7. The molecule has 2 heterocycles. The molecule has 1 aliphatic rings. The number of carbonyl (C=O) groups excluding carboxylic acids is 1. The number of rotatable bonds is 7. The Bertz CT molecular complexity index is 875. The molecule has 1 saturated heterocycles. The first-order valence-corrected chi connectivity index (χ1v) is 9.95. The molecule has 0 saturated carbocycles. The lowest BCUT2D eigenvalue weighted by Crippen LogP contribution is -2.47. The van der Waals surface area contributed by atoms with Crippen molar-refractivity contribution >= 4 is 23.6 Å². The highest BCUT2D eigenvalue weighted by molar-refractivity contribution is 6.32. The summed E-state index contributed by atoms with van der Waals surface area (Å²) in [6, 6.07) is 3.57. The number of nitrogens with one attached hydrogen (secondary N) is 1. The lowest BCUT2D eigenvalue weighted by molar-refractivity contribution is -0.127. The number of benzene rings is 1. The van der Waals surface area contributed by atoms with Gasteiger partial charge in [0.15, 0.2) is 17.3 Å². The van der Waals surface area contributed by atoms with Crippen LogP contribution in [0.3, 0.4) is 0 Å². The molecule has 2 aromatic rings. The van der Waals surface area contributed by atoms with Crippen molar-refractivity contribution in [1.29, 1.82) is 0 Å². The number of hydrogen-bond donors (Lipinski definition) is 1. The maximum absolute atomic E-state index is 12.6. The Morgan fingerprint density at radius 2 is 2.07 bits per heavy atom. The minimum absolute atomic E-state index is 0.0247. The molecule has 1 N–H and O–H groups in total. The fraction of sp³-hybridized carbons (Fsp3) is 0.450. The maximum atomic E-state index is 12.6. The van der Waals surface area contributed by atoms with Crippen molar-refractivity contribution in [3.8, 4) is 11.5 Å². The van der Waals surface area contributed by atoms with Crippen LogP contribution < -0.4 is 9.47 Å². The summed E-state index contributed by atoms with van der Waals surface area (Å²) in [5.74, 6) is 2.62. The maximum Gasteiger partial charge on any atom is 0.246 e. The monoisotopic (exact) mass is 419 g/mol. The normalized spacial score (nSPS) is 15.1. The molecule has 1 aromatic carbocycles. The molecule has 3 rings (SSSR count). The first kappa shape index (κ1) is 21.1. The summed E-state index contributed by atoms with van der Waals surface area (Å²) in [5.41, 5.74) is 0.784. The standard InChI is InChI=1S/C20H26ClN5O3/c1-4-29-17-12-15(11-16(21)20(17)28-3)5-6-19(27)26-9-7-25(8-10-26)13-18-22-14(2)23-24-18/h5-6,11-12H,4,7-10,13H2,1-3H3,(H,22,23,24)/b6-5+. The van der Waals surface area contributed by atoms with Gasteiger partial charge in [0.05, 0.1) is 25.3 Å². The van der Waals surface area contributed by atoms with Crippen LogP contribution in [0.5, 0.6) is 11.5 Å². The van der Waals surface area contributed by atoms with Crippen molar-refractivity contribution < 1.29 is 14.3 Å². The number of nitrogens with zero attached hydrogens (tertiary/aromatic N) is 4. The first-order valence-electron chi connectivity index (χ1n) is 9.57. The van der Waals surface area contributed by atoms with Gasteiger partial charge in [-0.25, -0.2) is 4.98 Å². The molecule has 156 valence electrons. The first-order chi connectivity index (χ1) is 14.0. The Morgan fingerprint density at radius 3 is 2.69 bits per heavy atom. The zero-order valence-electron chi connectivity index (χ0n) is 16.9. The number of aryl methyl sites for hydroxylation is 1. The summed E-state index contributed by atoms with van der Waals surface area (Å²) in [6.07, 6.45) is 3.32. The molecule has 1 aromatic heterocycles. The smallest absolute Gasteiger partial charge is 0.246 e. The lowest BCUT2D eigenvalue weighted by atomic mass is 10.1. The average Bonchev–Trinajstić information content (AvgIpc) is 3.11. The number of ether oxygens (including phenoxy) is 2. The summed E-state index contributed by atoms with van der Waals surface area (Å²) in [7, 11) is 1.55. The van der Waals surface area contributed by atoms with Crippen molar-refractivity contribution in [2.45, 2.75) is 20.4 Å². The van der Waals surface area contributed by atoms with E-state index in [1.165, 1.54) is 0 Å². The van der Waals surface area contributed by atoms with Crippen molar-refractivity contribution in [3.05, 3.63) is 40.4 Å². The van der Waals surface area contributed by atoms with Gasteiger partial charge in [-0.3, -0.25) is 14.8 Å². The van der Waals surface area contributed by atoms with Crippen LogP contribution in [0.4, 0.5) is 0 Å². The molecular formula is C20H26ClN5O3. The van der Waals surface area contributed by atoms with Crippen LogP contribution in [-0.4, -0.2) is 70.8 Å². The average molecular weight is 420 g/mol. The highest BCUT2D eigenvalue weighted by atomic mass is 35.5. The van der Waals surface area contributed by atoms with E-state index in [9.17, 15) is 4.79 Å². The van der Waals surface area contributed by atoms with Gasteiger partial charge >= 0.3 is 0 Å². The van der Waals surface area contributed by atoms with Crippen LogP contribution in [0, 0.1) is 6.92 Å². The van der Waals surface area contributed by atoms with E-state index < -0.39 is 0 Å². The van der Waals surface area contributed by atoms with Gasteiger partial charge < -0.3 is 14.4 Å². The van der Waals surface area contributed by atoms with Gasteiger partial charge in [-0.1, -0.05) is 11.6 Å². The quantitative estimate of drug-likeness (QED) is 0.694. The number of hydrogen-bond acceptors (Lipinski definition) is 6. The molecule has 1 amide bonds. The number of piperazine rings is 1. The second-order valence-electron chi connectivity index (χ2n) is 6.74. The third-order valence-electron chi connectivity index (χ3n) is 4.65. The Balaban J connectivity index is 1.57. The second kappa shape index (κ2) is 9.76. The van der Waals surface area contributed by atoms with Gasteiger partial charge in [0.1, 0.15) is 5.82 Å². The molecule has 9 heteroatoms. The largest absolute Gasteiger partial charge is 0.491 e. The SMILES string of the molecule is CCOc1cc(/C=C/C(=O)N2CCN(Cc3n[nH]c(C)n3)CC2)cc(Cl)c1OC. The number of H-pyrrole nitrogens is 1. The summed E-state index contributed by atoms with van der Waals surface area (Å²) >= 11 is 6.27. The summed E-state index contributed by atoms with van der Waals surface area (Å²) in [4.78, 5) is 21.0. The van der Waals surface area contributed by atoms with E-state index in [0.29, 0.717) is 42.8 Å². The number of carbonyl (C=O) groups is 1. The molecule has 8 nitrogen and oxygen atoms in total. The molecule has 1 fully saturated rings. The van der Waals surface area contributed by atoms with E-state index >= 15 is 0 Å². The summed E-state index contributed by atoms with van der Waals surface area (Å²) in [5, 5.41) is 7.47. The fourth-order valence-electron chi connectivity index (χ4n) is 3.20. The minimum Gasteiger partial charge on any atom is -0.491 e. The summed E-state index contributed by atoms with van der Waals surface area (Å²) < 4.78 is 10.9. The predicted octanol–water partition coefficient (Wildman–Crippen LogP) is 2.53. The van der Waals surface area contributed by atoms with E-state index in [1.54, 1.807) is 25.3 Å². The predicted molar refractivity (Wildman–Crippen MR) is 111 cm³/mol. The molecule has 0 bridgehead atoms. The van der Waals surface area contributed by atoms with Gasteiger partial charge in [-0.15, -0.1) is 0 Å². The van der Waals surface area contributed by atoms with Gasteiger partial charge in [0.25, 0.3) is 0 Å². The van der Waals surface area contributed by atoms with Crippen molar-refractivity contribution in [3.63, 3.8) is 0 Å². The Hall–Kier alpha value is -2.58. The summed E-state index contributed by atoms with van der Waals surface area (Å²) in [6.45, 7) is 7.87. The van der Waals surface area contributed by atoms with Crippen LogP contribution in [0.15, 0.2) is 18.2 Å². The third-order valence-corrected chi connectivity index (χ3v) is 4.93. The number of amides is 1. The van der Waals surface area contributed by atoms with Crippen LogP contribution >= 0.6 is 11.6 Å². The molecule has 0 unspecified atom stereocenters. The van der Waals surface area contributed by atoms with Gasteiger partial charge in [-0.2, -0.15) is 5.10 Å². The third kappa shape index (κ3) is 5.48. The second-order valence-corrected chi connectivity index (χ2v) is 7.15. The molecular weight excluding hydrogens is 394 g/mol. The number of aromatic nitrogens is 3. The Morgan fingerprint density at radius 1 is 1.31 bits per heavy atom. The molecule has 0 atom stereocenters. The minimum atomic E-state index is -0.0247. The highest BCUT2D eigenvalue weighted by Crippen LogP contribution is 2.36. The van der Waals surface area contributed by atoms with E-state index in [4.69, 9.17) is 21.1 Å². The Kier molecular flexibility index (Phi) is 7.11. The highest BCUT2D eigenvalue weighted by Gasteiger charge is 2.20. The topological polar surface area (TPSA) is 83.6 Å². The molecule has 29 heavy (non-hydrogen) atoms. The van der Waals surface area contributed by atoms with Gasteiger partial charge in [0.2, 0.25) is 5.91 Å². The van der Waals surface area contributed by atoms with E-state index in [-0.39, 0.29) is 5.91 Å². The van der Waals surface area contributed by atoms with Crippen molar-refractivity contribution in [2.75, 3.05) is 39.9 Å². The van der Waals surface area contributed by atoms with Gasteiger partial charge in [-0.05, 0) is 37.6 Å². The zero-order chi connectivity index (χ0) is 20.8. The molecule has 1 aliphatic heterocycles. The van der Waals surface area contributed by atoms with Crippen molar-refractivity contribution in [1.82, 2.24) is 25.0 Å².